The molecule has 3 nitrogen and oxygen atoms in total. The highest BCUT2D eigenvalue weighted by Gasteiger charge is 2.16. The van der Waals surface area contributed by atoms with E-state index in [9.17, 15) is 8.78 Å². The molecule has 0 spiro atoms. The molecule has 0 saturated carbocycles. The predicted molar refractivity (Wildman–Crippen MR) is 47.2 cm³/mol. The van der Waals surface area contributed by atoms with Crippen LogP contribution >= 0.6 is 15.9 Å². The predicted octanol–water partition coefficient (Wildman–Crippen LogP) is 1.86. The third-order valence-electron chi connectivity index (χ3n) is 1.55. The summed E-state index contributed by atoms with van der Waals surface area (Å²) in [7, 11) is 0. The quantitative estimate of drug-likeness (QED) is 0.845. The summed E-state index contributed by atoms with van der Waals surface area (Å²) in [5, 5.41) is 8.74. The highest BCUT2D eigenvalue weighted by Crippen LogP contribution is 2.31. The molecule has 1 aromatic rings. The highest BCUT2D eigenvalue weighted by atomic mass is 79.9. The zero-order chi connectivity index (χ0) is 10.0. The average Bonchev–Trinajstić information content (AvgIpc) is 2.09. The molecule has 0 aliphatic carbocycles. The summed E-state index contributed by atoms with van der Waals surface area (Å²) in [6.45, 7) is -0.339. The van der Waals surface area contributed by atoms with Gasteiger partial charge in [-0.1, -0.05) is 0 Å². The van der Waals surface area contributed by atoms with E-state index in [0.717, 1.165) is 6.20 Å². The first kappa shape index (κ1) is 10.3. The van der Waals surface area contributed by atoms with Gasteiger partial charge >= 0.3 is 0 Å². The van der Waals surface area contributed by atoms with Crippen LogP contribution in [0.2, 0.25) is 0 Å². The average molecular weight is 253 g/mol. The van der Waals surface area contributed by atoms with Gasteiger partial charge in [0.1, 0.15) is 0 Å². The minimum Gasteiger partial charge on any atom is -0.397 e. The van der Waals surface area contributed by atoms with E-state index in [1.807, 2.05) is 0 Å². The van der Waals surface area contributed by atoms with Crippen molar-refractivity contribution < 1.29 is 13.9 Å². The molecule has 0 radical (unpaired) electrons. The maximum atomic E-state index is 12.2. The van der Waals surface area contributed by atoms with E-state index in [1.165, 1.54) is 0 Å². The maximum absolute atomic E-state index is 12.2. The van der Waals surface area contributed by atoms with Gasteiger partial charge in [0.2, 0.25) is 0 Å². The minimum atomic E-state index is -2.66. The summed E-state index contributed by atoms with van der Waals surface area (Å²) in [4.78, 5) is 3.62. The third kappa shape index (κ3) is 1.94. The van der Waals surface area contributed by atoms with Crippen LogP contribution in [-0.4, -0.2) is 10.1 Å². The fraction of sp³-hybridized carbons (Fsp3) is 0.286. The Morgan fingerprint density at radius 2 is 2.23 bits per heavy atom. The van der Waals surface area contributed by atoms with Gasteiger partial charge in [-0.15, -0.1) is 0 Å². The Morgan fingerprint density at radius 3 is 2.69 bits per heavy atom. The Labute approximate surface area is 81.7 Å². The van der Waals surface area contributed by atoms with E-state index in [0.29, 0.717) is 0 Å². The number of aromatic nitrogens is 1. The number of alkyl halides is 2. The number of halogens is 3. The Kier molecular flexibility index (Phi) is 3.16. The van der Waals surface area contributed by atoms with Gasteiger partial charge in [-0.25, -0.2) is 8.78 Å². The number of hydrogen-bond acceptors (Lipinski definition) is 3. The Bertz CT molecular complexity index is 320. The van der Waals surface area contributed by atoms with E-state index < -0.39 is 6.43 Å². The number of anilines is 1. The number of nitrogens with zero attached hydrogens (tertiary/aromatic N) is 1. The molecule has 0 unspecified atom stereocenters. The number of nitrogen functional groups attached to an aromatic ring is 1. The van der Waals surface area contributed by atoms with Crippen molar-refractivity contribution in [3.8, 4) is 0 Å². The Balaban J connectivity index is 3.23. The third-order valence-corrected chi connectivity index (χ3v) is 2.43. The lowest BCUT2D eigenvalue weighted by atomic mass is 10.2. The minimum absolute atomic E-state index is 0.0750. The van der Waals surface area contributed by atoms with Gasteiger partial charge < -0.3 is 10.8 Å². The van der Waals surface area contributed by atoms with Crippen molar-refractivity contribution >= 4 is 21.6 Å². The van der Waals surface area contributed by atoms with Gasteiger partial charge in [0.15, 0.2) is 0 Å². The summed E-state index contributed by atoms with van der Waals surface area (Å²) in [6, 6.07) is 0. The highest BCUT2D eigenvalue weighted by molar-refractivity contribution is 9.10. The van der Waals surface area contributed by atoms with Crippen LogP contribution in [0.1, 0.15) is 17.7 Å². The Morgan fingerprint density at radius 1 is 1.62 bits per heavy atom. The Hall–Kier alpha value is -0.750. The van der Waals surface area contributed by atoms with Crippen LogP contribution in [0.3, 0.4) is 0 Å². The first-order valence-electron chi connectivity index (χ1n) is 3.39. The zero-order valence-corrected chi connectivity index (χ0v) is 8.05. The van der Waals surface area contributed by atoms with Crippen molar-refractivity contribution in [1.29, 1.82) is 0 Å². The first-order chi connectivity index (χ1) is 6.07. The van der Waals surface area contributed by atoms with E-state index in [4.69, 9.17) is 10.8 Å². The fourth-order valence-corrected chi connectivity index (χ4v) is 1.30. The summed E-state index contributed by atoms with van der Waals surface area (Å²) in [6.07, 6.45) is -1.69. The lowest BCUT2D eigenvalue weighted by Crippen LogP contribution is -2.01. The molecule has 6 heteroatoms. The lowest BCUT2D eigenvalue weighted by Gasteiger charge is -2.08. The molecule has 1 rings (SSSR count). The molecule has 0 aromatic carbocycles. The lowest BCUT2D eigenvalue weighted by molar-refractivity contribution is 0.151. The molecule has 0 atom stereocenters. The van der Waals surface area contributed by atoms with Gasteiger partial charge in [-0.2, -0.15) is 0 Å². The van der Waals surface area contributed by atoms with Crippen molar-refractivity contribution in [2.75, 3.05) is 5.73 Å². The second kappa shape index (κ2) is 3.97. The smallest absolute Gasteiger partial charge is 0.267 e. The summed E-state index contributed by atoms with van der Waals surface area (Å²) in [5.74, 6) is 0. The van der Waals surface area contributed by atoms with Crippen LogP contribution in [0, 0.1) is 0 Å². The molecule has 0 amide bonds. The summed E-state index contributed by atoms with van der Waals surface area (Å²) < 4.78 is 24.7. The van der Waals surface area contributed by atoms with Crippen molar-refractivity contribution in [2.24, 2.45) is 0 Å². The maximum Gasteiger partial charge on any atom is 0.267 e. The van der Waals surface area contributed by atoms with Crippen LogP contribution in [0.4, 0.5) is 14.5 Å². The number of nitrogens with two attached hydrogens (primary N) is 1. The number of rotatable bonds is 2. The van der Waals surface area contributed by atoms with Gasteiger partial charge in [0.05, 0.1) is 28.0 Å². The number of aliphatic hydroxyl groups is 1. The van der Waals surface area contributed by atoms with Crippen LogP contribution in [0.25, 0.3) is 0 Å². The standard InChI is InChI=1S/C7H7BrF2N2O/c8-5-4(2-13)12-1-3(6(5)11)7(9)10/h1,7,13H,2H2,(H2,11,12). The molecule has 0 saturated heterocycles. The van der Waals surface area contributed by atoms with E-state index >= 15 is 0 Å². The van der Waals surface area contributed by atoms with Crippen LogP contribution in [0.5, 0.6) is 0 Å². The number of aliphatic hydroxyl groups excluding tert-OH is 1. The molecule has 13 heavy (non-hydrogen) atoms. The molecule has 0 bridgehead atoms. The van der Waals surface area contributed by atoms with Gasteiger partial charge in [0, 0.05) is 6.20 Å². The fourth-order valence-electron chi connectivity index (χ4n) is 0.840. The second-order valence-corrected chi connectivity index (χ2v) is 3.14. The van der Waals surface area contributed by atoms with E-state index in [2.05, 4.69) is 20.9 Å². The monoisotopic (exact) mass is 252 g/mol. The van der Waals surface area contributed by atoms with Gasteiger partial charge in [0.25, 0.3) is 6.43 Å². The molecule has 1 heterocycles. The van der Waals surface area contributed by atoms with Crippen LogP contribution in [0.15, 0.2) is 10.7 Å². The number of pyridine rings is 1. The zero-order valence-electron chi connectivity index (χ0n) is 6.47. The van der Waals surface area contributed by atoms with E-state index in [1.54, 1.807) is 0 Å². The summed E-state index contributed by atoms with van der Waals surface area (Å²) in [5.41, 5.74) is 5.23. The molecular weight excluding hydrogens is 246 g/mol. The molecule has 1 aromatic heterocycles. The normalized spacial score (nSPS) is 10.8. The largest absolute Gasteiger partial charge is 0.397 e. The topological polar surface area (TPSA) is 59.1 Å². The molecule has 0 aliphatic rings. The van der Waals surface area contributed by atoms with Crippen molar-refractivity contribution in [3.05, 3.63) is 21.9 Å². The van der Waals surface area contributed by atoms with Crippen molar-refractivity contribution in [1.82, 2.24) is 4.98 Å². The number of hydrogen-bond donors (Lipinski definition) is 2. The van der Waals surface area contributed by atoms with Crippen molar-refractivity contribution in [3.63, 3.8) is 0 Å². The molecule has 72 valence electrons. The second-order valence-electron chi connectivity index (χ2n) is 2.35. The van der Waals surface area contributed by atoms with Gasteiger partial charge in [-0.05, 0) is 15.9 Å². The van der Waals surface area contributed by atoms with Gasteiger partial charge in [-0.3, -0.25) is 4.98 Å². The molecule has 0 fully saturated rings. The van der Waals surface area contributed by atoms with E-state index in [-0.39, 0.29) is 28.0 Å². The molecule has 3 N–H and O–H groups in total. The SMILES string of the molecule is Nc1c(C(F)F)cnc(CO)c1Br. The van der Waals surface area contributed by atoms with Crippen LogP contribution in [-0.2, 0) is 6.61 Å². The van der Waals surface area contributed by atoms with Crippen LogP contribution < -0.4 is 5.73 Å². The van der Waals surface area contributed by atoms with Crippen molar-refractivity contribution in [2.45, 2.75) is 13.0 Å². The molecular formula is C7H7BrF2N2O. The first-order valence-corrected chi connectivity index (χ1v) is 4.19. The summed E-state index contributed by atoms with van der Waals surface area (Å²) >= 11 is 2.98. The molecule has 0 aliphatic heterocycles.